The molecule has 1 atom stereocenters. The van der Waals surface area contributed by atoms with Crippen molar-refractivity contribution in [3.8, 4) is 0 Å². The lowest BCUT2D eigenvalue weighted by atomic mass is 10.1. The second kappa shape index (κ2) is 6.62. The van der Waals surface area contributed by atoms with Gasteiger partial charge in [0.15, 0.2) is 11.6 Å². The molecule has 132 valence electrons. The molecule has 0 aromatic heterocycles. The van der Waals surface area contributed by atoms with Gasteiger partial charge >= 0.3 is 12.1 Å². The van der Waals surface area contributed by atoms with E-state index in [0.29, 0.717) is 13.0 Å². The van der Waals surface area contributed by atoms with Gasteiger partial charge in [-0.1, -0.05) is 0 Å². The molecule has 1 aliphatic rings. The zero-order chi connectivity index (χ0) is 18.1. The number of hydrogen-bond acceptors (Lipinski definition) is 4. The molecule has 1 saturated heterocycles. The summed E-state index contributed by atoms with van der Waals surface area (Å²) in [5.41, 5.74) is -1.35. The molecule has 1 aromatic rings. The highest BCUT2D eigenvalue weighted by Crippen LogP contribution is 2.27. The maximum absolute atomic E-state index is 14.1. The number of carboxylic acids is 1. The highest BCUT2D eigenvalue weighted by molar-refractivity contribution is 5.88. The van der Waals surface area contributed by atoms with Crippen LogP contribution in [0.5, 0.6) is 0 Å². The number of benzene rings is 1. The first-order valence-corrected chi connectivity index (χ1v) is 7.54. The van der Waals surface area contributed by atoms with E-state index < -0.39 is 34.9 Å². The van der Waals surface area contributed by atoms with Gasteiger partial charge in [0.1, 0.15) is 5.60 Å². The van der Waals surface area contributed by atoms with Gasteiger partial charge in [-0.3, -0.25) is 0 Å². The minimum Gasteiger partial charge on any atom is -0.478 e. The first-order chi connectivity index (χ1) is 11.1. The molecule has 6 nitrogen and oxygen atoms in total. The lowest BCUT2D eigenvalue weighted by Crippen LogP contribution is -2.40. The number of halogens is 2. The molecule has 2 rings (SSSR count). The fourth-order valence-electron chi connectivity index (χ4n) is 2.52. The number of alkyl carbamates (subject to hydrolysis) is 1. The number of nitrogens with zero attached hydrogens (tertiary/aromatic N) is 1. The van der Waals surface area contributed by atoms with Gasteiger partial charge in [-0.15, -0.1) is 0 Å². The lowest BCUT2D eigenvalue weighted by molar-refractivity contribution is 0.0508. The summed E-state index contributed by atoms with van der Waals surface area (Å²) in [5, 5.41) is 11.5. The van der Waals surface area contributed by atoms with Gasteiger partial charge in [0.2, 0.25) is 0 Å². The molecule has 8 heteroatoms. The zero-order valence-electron chi connectivity index (χ0n) is 13.7. The van der Waals surface area contributed by atoms with Crippen LogP contribution in [-0.2, 0) is 4.74 Å². The van der Waals surface area contributed by atoms with Crippen LogP contribution in [0.15, 0.2) is 12.1 Å². The third kappa shape index (κ3) is 4.12. The molecule has 1 unspecified atom stereocenters. The summed E-state index contributed by atoms with van der Waals surface area (Å²) in [4.78, 5) is 24.1. The van der Waals surface area contributed by atoms with E-state index in [1.807, 2.05) is 0 Å². The van der Waals surface area contributed by atoms with E-state index in [0.717, 1.165) is 6.07 Å². The van der Waals surface area contributed by atoms with Crippen LogP contribution in [0.25, 0.3) is 0 Å². The molecule has 1 aliphatic heterocycles. The monoisotopic (exact) mass is 342 g/mol. The molecule has 0 aliphatic carbocycles. The van der Waals surface area contributed by atoms with Crippen LogP contribution in [0.2, 0.25) is 0 Å². The number of ether oxygens (including phenoxy) is 1. The topological polar surface area (TPSA) is 78.9 Å². The SMILES string of the molecule is CC(C)(C)OC(=O)NC1CCN(c2ccc(C(=O)O)c(F)c2F)C1. The number of hydrogen-bond donors (Lipinski definition) is 2. The third-order valence-corrected chi connectivity index (χ3v) is 3.54. The van der Waals surface area contributed by atoms with Gasteiger partial charge in [0.05, 0.1) is 17.3 Å². The van der Waals surface area contributed by atoms with Crippen molar-refractivity contribution in [1.82, 2.24) is 5.32 Å². The maximum atomic E-state index is 14.1. The molecule has 0 spiro atoms. The molecular weight excluding hydrogens is 322 g/mol. The Morgan fingerprint density at radius 2 is 1.96 bits per heavy atom. The molecule has 24 heavy (non-hydrogen) atoms. The van der Waals surface area contributed by atoms with Crippen LogP contribution in [0.4, 0.5) is 19.3 Å². The van der Waals surface area contributed by atoms with Gasteiger partial charge < -0.3 is 20.1 Å². The number of carbonyl (C=O) groups excluding carboxylic acids is 1. The van der Waals surface area contributed by atoms with Crippen LogP contribution < -0.4 is 10.2 Å². The standard InChI is InChI=1S/C16H20F2N2O4/c1-16(2,3)24-15(23)19-9-6-7-20(8-9)11-5-4-10(14(21)22)12(17)13(11)18/h4-5,9H,6-8H2,1-3H3,(H,19,23)(H,21,22). The fourth-order valence-corrected chi connectivity index (χ4v) is 2.52. The van der Waals surface area contributed by atoms with Crippen molar-refractivity contribution >= 4 is 17.7 Å². The summed E-state index contributed by atoms with van der Waals surface area (Å²) in [7, 11) is 0. The predicted octanol–water partition coefficient (Wildman–Crippen LogP) is 2.77. The Balaban J connectivity index is 2.05. The molecule has 1 heterocycles. The number of amides is 1. The van der Waals surface area contributed by atoms with Crippen molar-refractivity contribution in [3.05, 3.63) is 29.3 Å². The summed E-state index contributed by atoms with van der Waals surface area (Å²) >= 11 is 0. The van der Waals surface area contributed by atoms with Gasteiger partial charge in [-0.05, 0) is 39.3 Å². The Kier molecular flexibility index (Phi) is 4.96. The predicted molar refractivity (Wildman–Crippen MR) is 83.3 cm³/mol. The fraction of sp³-hybridized carbons (Fsp3) is 0.500. The molecule has 1 amide bonds. The van der Waals surface area contributed by atoms with Crippen molar-refractivity contribution in [2.75, 3.05) is 18.0 Å². The Morgan fingerprint density at radius 1 is 1.29 bits per heavy atom. The summed E-state index contributed by atoms with van der Waals surface area (Å²) in [5.74, 6) is -4.11. The van der Waals surface area contributed by atoms with E-state index in [9.17, 15) is 18.4 Å². The number of rotatable bonds is 3. The van der Waals surface area contributed by atoms with Crippen molar-refractivity contribution in [1.29, 1.82) is 0 Å². The number of anilines is 1. The van der Waals surface area contributed by atoms with E-state index in [-0.39, 0.29) is 18.3 Å². The summed E-state index contributed by atoms with van der Waals surface area (Å²) < 4.78 is 33.0. The minimum atomic E-state index is -1.52. The zero-order valence-corrected chi connectivity index (χ0v) is 13.7. The second-order valence-corrected chi connectivity index (χ2v) is 6.64. The first-order valence-electron chi connectivity index (χ1n) is 7.54. The molecule has 0 radical (unpaired) electrons. The molecule has 0 bridgehead atoms. The Morgan fingerprint density at radius 3 is 2.54 bits per heavy atom. The number of nitrogens with one attached hydrogen (secondary N) is 1. The molecule has 1 fully saturated rings. The molecule has 1 aromatic carbocycles. The highest BCUT2D eigenvalue weighted by atomic mass is 19.2. The van der Waals surface area contributed by atoms with E-state index in [1.54, 1.807) is 25.7 Å². The van der Waals surface area contributed by atoms with Crippen LogP contribution in [-0.4, -0.2) is 41.9 Å². The molecule has 0 saturated carbocycles. The smallest absolute Gasteiger partial charge is 0.407 e. The van der Waals surface area contributed by atoms with Crippen LogP contribution in [0, 0.1) is 11.6 Å². The summed E-state index contributed by atoms with van der Waals surface area (Å²) in [6.45, 7) is 5.92. The first kappa shape index (κ1) is 18.0. The van der Waals surface area contributed by atoms with Crippen molar-refractivity contribution in [2.24, 2.45) is 0 Å². The Hall–Kier alpha value is -2.38. The highest BCUT2D eigenvalue weighted by Gasteiger charge is 2.29. The summed E-state index contributed by atoms with van der Waals surface area (Å²) in [6.07, 6.45) is -0.0247. The van der Waals surface area contributed by atoms with Gasteiger partial charge in [-0.2, -0.15) is 0 Å². The van der Waals surface area contributed by atoms with Gasteiger partial charge in [0.25, 0.3) is 0 Å². The molecule has 2 N–H and O–H groups in total. The van der Waals surface area contributed by atoms with Crippen LogP contribution in [0.3, 0.4) is 0 Å². The van der Waals surface area contributed by atoms with Crippen LogP contribution in [0.1, 0.15) is 37.6 Å². The van der Waals surface area contributed by atoms with Gasteiger partial charge in [0, 0.05) is 13.1 Å². The maximum Gasteiger partial charge on any atom is 0.407 e. The van der Waals surface area contributed by atoms with Crippen LogP contribution >= 0.6 is 0 Å². The Labute approximate surface area is 138 Å². The number of carboxylic acid groups (broad SMARTS) is 1. The van der Waals surface area contributed by atoms with Crippen molar-refractivity contribution in [2.45, 2.75) is 38.8 Å². The van der Waals surface area contributed by atoms with E-state index in [4.69, 9.17) is 9.84 Å². The normalized spacial score (nSPS) is 17.7. The van der Waals surface area contributed by atoms with E-state index >= 15 is 0 Å². The largest absolute Gasteiger partial charge is 0.478 e. The van der Waals surface area contributed by atoms with Gasteiger partial charge in [-0.25, -0.2) is 18.4 Å². The van der Waals surface area contributed by atoms with Crippen molar-refractivity contribution in [3.63, 3.8) is 0 Å². The average molecular weight is 342 g/mol. The quantitative estimate of drug-likeness (QED) is 0.883. The number of aromatic carboxylic acids is 1. The number of carbonyl (C=O) groups is 2. The minimum absolute atomic E-state index is 0.0222. The van der Waals surface area contributed by atoms with E-state index in [2.05, 4.69) is 5.32 Å². The lowest BCUT2D eigenvalue weighted by Gasteiger charge is -2.22. The molecular formula is C16H20F2N2O4. The second-order valence-electron chi connectivity index (χ2n) is 6.64. The Bertz CT molecular complexity index is 658. The third-order valence-electron chi connectivity index (χ3n) is 3.54. The van der Waals surface area contributed by atoms with E-state index in [1.165, 1.54) is 6.07 Å². The average Bonchev–Trinajstić information content (AvgIpc) is 2.87. The van der Waals surface area contributed by atoms with Crippen molar-refractivity contribution < 1.29 is 28.2 Å². The summed E-state index contributed by atoms with van der Waals surface area (Å²) in [6, 6.07) is 2.00.